The second kappa shape index (κ2) is 6.38. The number of fused-ring (bicyclic) bond motifs is 1. The molecule has 0 saturated carbocycles. The van der Waals surface area contributed by atoms with Crippen LogP contribution in [-0.4, -0.2) is 22.1 Å². The Balaban J connectivity index is 1.95. The van der Waals surface area contributed by atoms with Gasteiger partial charge in [0.1, 0.15) is 0 Å². The number of aromatic amines is 1. The lowest BCUT2D eigenvalue weighted by atomic mass is 10.0. The molecular weight excluding hydrogens is 346 g/mol. The molecule has 0 bridgehead atoms. The van der Waals surface area contributed by atoms with Crippen LogP contribution in [0.3, 0.4) is 0 Å². The van der Waals surface area contributed by atoms with Crippen molar-refractivity contribution < 1.29 is 0 Å². The van der Waals surface area contributed by atoms with Crippen molar-refractivity contribution in [1.82, 2.24) is 14.9 Å². The van der Waals surface area contributed by atoms with Crippen LogP contribution in [0.15, 0.2) is 26.2 Å². The van der Waals surface area contributed by atoms with Gasteiger partial charge >= 0.3 is 5.69 Å². The molecule has 1 aromatic carbocycles. The van der Waals surface area contributed by atoms with Crippen molar-refractivity contribution in [1.29, 1.82) is 0 Å². The van der Waals surface area contributed by atoms with E-state index in [0.717, 1.165) is 29.4 Å². The number of hydrogen-bond acceptors (Lipinski definition) is 3. The third-order valence-corrected chi connectivity index (χ3v) is 4.93. The van der Waals surface area contributed by atoms with Gasteiger partial charge in [-0.2, -0.15) is 0 Å². The fraction of sp³-hybridized carbons (Fsp3) is 0.500. The van der Waals surface area contributed by atoms with Gasteiger partial charge in [0.2, 0.25) is 0 Å². The quantitative estimate of drug-likeness (QED) is 0.876. The first-order valence-corrected chi connectivity index (χ1v) is 8.52. The summed E-state index contributed by atoms with van der Waals surface area (Å²) in [5.41, 5.74) is 1.02. The minimum absolute atomic E-state index is 0.209. The van der Waals surface area contributed by atoms with Crippen LogP contribution >= 0.6 is 15.9 Å². The Bertz CT molecular complexity index is 803. The van der Waals surface area contributed by atoms with E-state index in [9.17, 15) is 9.59 Å². The van der Waals surface area contributed by atoms with Crippen molar-refractivity contribution in [3.63, 3.8) is 0 Å². The van der Waals surface area contributed by atoms with E-state index in [-0.39, 0.29) is 11.2 Å². The van der Waals surface area contributed by atoms with Gasteiger partial charge in [0.05, 0.1) is 10.9 Å². The highest BCUT2D eigenvalue weighted by Crippen LogP contribution is 2.20. The summed E-state index contributed by atoms with van der Waals surface area (Å²) in [4.78, 5) is 27.7. The summed E-state index contributed by atoms with van der Waals surface area (Å²) in [6.45, 7) is 3.41. The van der Waals surface area contributed by atoms with Crippen LogP contribution in [0.25, 0.3) is 10.9 Å². The highest BCUT2D eigenvalue weighted by molar-refractivity contribution is 9.10. The molecule has 0 aliphatic carbocycles. The first kappa shape index (κ1) is 15.5. The van der Waals surface area contributed by atoms with Gasteiger partial charge in [-0.1, -0.05) is 6.42 Å². The summed E-state index contributed by atoms with van der Waals surface area (Å²) < 4.78 is 2.07. The molecule has 1 saturated heterocycles. The topological polar surface area (TPSA) is 66.9 Å². The number of aromatic nitrogens is 2. The first-order chi connectivity index (χ1) is 10.6. The van der Waals surface area contributed by atoms with Crippen LogP contribution in [0, 0.1) is 6.92 Å². The summed E-state index contributed by atoms with van der Waals surface area (Å²) in [7, 11) is 0. The molecule has 1 aromatic heterocycles. The highest BCUT2D eigenvalue weighted by Gasteiger charge is 2.15. The fourth-order valence-electron chi connectivity index (χ4n) is 3.11. The molecule has 1 unspecified atom stereocenters. The summed E-state index contributed by atoms with van der Waals surface area (Å²) in [5.74, 6) is 0. The molecule has 118 valence electrons. The minimum atomic E-state index is -0.335. The predicted molar refractivity (Wildman–Crippen MR) is 91.5 cm³/mol. The minimum Gasteiger partial charge on any atom is -0.314 e. The number of halogens is 1. The van der Waals surface area contributed by atoms with Crippen LogP contribution in [0.5, 0.6) is 0 Å². The Labute approximate surface area is 136 Å². The Morgan fingerprint density at radius 2 is 2.14 bits per heavy atom. The van der Waals surface area contributed by atoms with E-state index in [0.29, 0.717) is 23.5 Å². The molecule has 2 heterocycles. The normalized spacial score (nSPS) is 18.7. The number of benzene rings is 1. The molecule has 2 aromatic rings. The standard InChI is InChI=1S/C16H20BrN3O2/c1-10-8-12-14(13(17)9-10)19-16(22)20(15(12)21)7-5-11-4-2-3-6-18-11/h8-9,11,18H,2-7H2,1H3,(H,19,22). The number of nitrogens with one attached hydrogen (secondary N) is 2. The van der Waals surface area contributed by atoms with Crippen LogP contribution in [0.4, 0.5) is 0 Å². The maximum atomic E-state index is 12.6. The van der Waals surface area contributed by atoms with Crippen molar-refractivity contribution in [3.05, 3.63) is 43.0 Å². The molecule has 6 heteroatoms. The van der Waals surface area contributed by atoms with E-state index in [1.54, 1.807) is 0 Å². The second-order valence-electron chi connectivity index (χ2n) is 5.99. The number of hydrogen-bond donors (Lipinski definition) is 2. The van der Waals surface area contributed by atoms with Gasteiger partial charge in [0, 0.05) is 17.1 Å². The van der Waals surface area contributed by atoms with Crippen LogP contribution < -0.4 is 16.6 Å². The van der Waals surface area contributed by atoms with E-state index < -0.39 is 0 Å². The molecule has 0 amide bonds. The molecule has 3 rings (SSSR count). The molecular formula is C16H20BrN3O2. The Kier molecular flexibility index (Phi) is 4.49. The van der Waals surface area contributed by atoms with Gasteiger partial charge in [0.25, 0.3) is 5.56 Å². The van der Waals surface area contributed by atoms with Gasteiger partial charge in [-0.15, -0.1) is 0 Å². The average Bonchev–Trinajstić information content (AvgIpc) is 2.49. The lowest BCUT2D eigenvalue weighted by molar-refractivity contribution is 0.363. The summed E-state index contributed by atoms with van der Waals surface area (Å²) in [6, 6.07) is 4.13. The molecule has 2 N–H and O–H groups in total. The summed E-state index contributed by atoms with van der Waals surface area (Å²) in [5, 5.41) is 4.01. The maximum Gasteiger partial charge on any atom is 0.328 e. The molecule has 1 aliphatic rings. The van der Waals surface area contributed by atoms with E-state index in [4.69, 9.17) is 0 Å². The Morgan fingerprint density at radius 3 is 2.86 bits per heavy atom. The van der Waals surface area contributed by atoms with Gasteiger partial charge in [-0.05, 0) is 66.4 Å². The SMILES string of the molecule is Cc1cc(Br)c2[nH]c(=O)n(CCC3CCCCN3)c(=O)c2c1. The average molecular weight is 366 g/mol. The maximum absolute atomic E-state index is 12.6. The zero-order valence-corrected chi connectivity index (χ0v) is 14.2. The van der Waals surface area contributed by atoms with Crippen LogP contribution in [0.1, 0.15) is 31.2 Å². The summed E-state index contributed by atoms with van der Waals surface area (Å²) in [6.07, 6.45) is 4.35. The Morgan fingerprint density at radius 1 is 1.32 bits per heavy atom. The molecule has 1 fully saturated rings. The molecule has 0 spiro atoms. The van der Waals surface area contributed by atoms with Gasteiger partial charge in [0.15, 0.2) is 0 Å². The second-order valence-corrected chi connectivity index (χ2v) is 6.85. The van der Waals surface area contributed by atoms with Crippen LogP contribution in [-0.2, 0) is 6.54 Å². The first-order valence-electron chi connectivity index (χ1n) is 7.72. The molecule has 1 aliphatic heterocycles. The molecule has 0 radical (unpaired) electrons. The molecule has 1 atom stereocenters. The lowest BCUT2D eigenvalue weighted by Gasteiger charge is -2.23. The van der Waals surface area contributed by atoms with Gasteiger partial charge in [-0.3, -0.25) is 9.36 Å². The largest absolute Gasteiger partial charge is 0.328 e. The zero-order chi connectivity index (χ0) is 15.7. The molecule has 22 heavy (non-hydrogen) atoms. The van der Waals surface area contributed by atoms with Crippen LogP contribution in [0.2, 0.25) is 0 Å². The van der Waals surface area contributed by atoms with E-state index in [1.807, 2.05) is 19.1 Å². The smallest absolute Gasteiger partial charge is 0.314 e. The van der Waals surface area contributed by atoms with Crippen molar-refractivity contribution in [3.8, 4) is 0 Å². The van der Waals surface area contributed by atoms with E-state index >= 15 is 0 Å². The Hall–Kier alpha value is -1.40. The number of rotatable bonds is 3. The number of H-pyrrole nitrogens is 1. The number of nitrogens with zero attached hydrogens (tertiary/aromatic N) is 1. The lowest BCUT2D eigenvalue weighted by Crippen LogP contribution is -2.39. The van der Waals surface area contributed by atoms with Crippen molar-refractivity contribution >= 4 is 26.8 Å². The third kappa shape index (κ3) is 3.03. The van der Waals surface area contributed by atoms with Crippen molar-refractivity contribution in [2.24, 2.45) is 0 Å². The fourth-order valence-corrected chi connectivity index (χ4v) is 3.78. The highest BCUT2D eigenvalue weighted by atomic mass is 79.9. The zero-order valence-electron chi connectivity index (χ0n) is 12.6. The van der Waals surface area contributed by atoms with Crippen molar-refractivity contribution in [2.75, 3.05) is 6.54 Å². The van der Waals surface area contributed by atoms with Crippen molar-refractivity contribution in [2.45, 2.75) is 45.2 Å². The predicted octanol–water partition coefficient (Wildman–Crippen LogP) is 2.29. The van der Waals surface area contributed by atoms with Gasteiger partial charge in [-0.25, -0.2) is 4.79 Å². The summed E-state index contributed by atoms with van der Waals surface area (Å²) >= 11 is 3.41. The monoisotopic (exact) mass is 365 g/mol. The van der Waals surface area contributed by atoms with Gasteiger partial charge < -0.3 is 10.3 Å². The number of aryl methyl sites for hydroxylation is 1. The number of piperidine rings is 1. The van der Waals surface area contributed by atoms with E-state index in [1.165, 1.54) is 17.4 Å². The van der Waals surface area contributed by atoms with E-state index in [2.05, 4.69) is 26.2 Å². The molecule has 5 nitrogen and oxygen atoms in total. The third-order valence-electron chi connectivity index (χ3n) is 4.30.